The first-order valence-electron chi connectivity index (χ1n) is 10.2. The number of H-pyrrole nitrogens is 1. The predicted octanol–water partition coefficient (Wildman–Crippen LogP) is 3.14. The molecule has 5 rings (SSSR count). The number of benzene rings is 1. The maximum atomic E-state index is 5.57. The fraction of sp³-hybridized carbons (Fsp3) is 0.455. The fourth-order valence-corrected chi connectivity index (χ4v) is 4.29. The van der Waals surface area contributed by atoms with Crippen molar-refractivity contribution in [2.75, 3.05) is 20.2 Å². The summed E-state index contributed by atoms with van der Waals surface area (Å²) in [5.41, 5.74) is 6.71. The second-order valence-corrected chi connectivity index (χ2v) is 7.97. The van der Waals surface area contributed by atoms with Gasteiger partial charge < -0.3 is 4.74 Å². The Morgan fingerprint density at radius 2 is 2.07 bits per heavy atom. The Kier molecular flexibility index (Phi) is 4.64. The van der Waals surface area contributed by atoms with E-state index < -0.39 is 0 Å². The first-order valence-corrected chi connectivity index (χ1v) is 10.2. The number of methoxy groups -OCH3 is 1. The van der Waals surface area contributed by atoms with E-state index >= 15 is 0 Å². The number of nitrogens with one attached hydrogen (secondary N) is 1. The predicted molar refractivity (Wildman–Crippen MR) is 108 cm³/mol. The third-order valence-electron chi connectivity index (χ3n) is 5.95. The number of ether oxygens (including phenoxy) is 1. The highest BCUT2D eigenvalue weighted by Crippen LogP contribution is 2.41. The minimum absolute atomic E-state index is 0.720. The maximum Gasteiger partial charge on any atom is 0.123 e. The van der Waals surface area contributed by atoms with Crippen LogP contribution in [0, 0.1) is 0 Å². The molecule has 0 radical (unpaired) electrons. The smallest absolute Gasteiger partial charge is 0.123 e. The average molecular weight is 377 g/mol. The minimum Gasteiger partial charge on any atom is -0.496 e. The normalized spacial score (nSPS) is 17.3. The molecule has 2 aliphatic rings. The van der Waals surface area contributed by atoms with E-state index in [-0.39, 0.29) is 0 Å². The lowest BCUT2D eigenvalue weighted by Crippen LogP contribution is -2.26. The third-order valence-corrected chi connectivity index (χ3v) is 5.95. The molecule has 1 fully saturated rings. The largest absolute Gasteiger partial charge is 0.496 e. The summed E-state index contributed by atoms with van der Waals surface area (Å²) in [5.74, 6) is 1.64. The Labute approximate surface area is 165 Å². The second-order valence-electron chi connectivity index (χ2n) is 7.97. The summed E-state index contributed by atoms with van der Waals surface area (Å²) in [6.45, 7) is 3.85. The topological polar surface area (TPSA) is 59.0 Å². The lowest BCUT2D eigenvalue weighted by atomic mass is 10.1. The van der Waals surface area contributed by atoms with Crippen molar-refractivity contribution in [3.8, 4) is 5.75 Å². The molecular formula is C22H27N5O. The molecule has 1 saturated carbocycles. The van der Waals surface area contributed by atoms with Crippen molar-refractivity contribution >= 4 is 0 Å². The Balaban J connectivity index is 1.29. The third kappa shape index (κ3) is 3.56. The maximum absolute atomic E-state index is 5.57. The number of hydrogen-bond acceptors (Lipinski definition) is 4. The zero-order valence-corrected chi connectivity index (χ0v) is 16.4. The van der Waals surface area contributed by atoms with Gasteiger partial charge in [0.2, 0.25) is 0 Å². The lowest BCUT2D eigenvalue weighted by Gasteiger charge is -2.21. The van der Waals surface area contributed by atoms with E-state index in [0.29, 0.717) is 0 Å². The van der Waals surface area contributed by atoms with Gasteiger partial charge >= 0.3 is 0 Å². The molecule has 0 saturated heterocycles. The summed E-state index contributed by atoms with van der Waals surface area (Å²) in [6.07, 6.45) is 8.59. The van der Waals surface area contributed by atoms with E-state index in [9.17, 15) is 0 Å². The van der Waals surface area contributed by atoms with Gasteiger partial charge in [0.15, 0.2) is 0 Å². The number of aromatic amines is 1. The molecule has 1 aromatic carbocycles. The van der Waals surface area contributed by atoms with E-state index in [2.05, 4.69) is 38.4 Å². The van der Waals surface area contributed by atoms with Crippen LogP contribution in [0.5, 0.6) is 5.75 Å². The highest BCUT2D eigenvalue weighted by molar-refractivity contribution is 5.38. The highest BCUT2D eigenvalue weighted by Gasteiger charge is 2.31. The zero-order valence-electron chi connectivity index (χ0n) is 16.4. The van der Waals surface area contributed by atoms with E-state index in [1.807, 2.05) is 23.1 Å². The SMILES string of the molecule is COc1ccc(CN2CCc3[nH]nc(C4CC4)c3CC2)cc1Cn1cccn1. The summed E-state index contributed by atoms with van der Waals surface area (Å²) in [5, 5.41) is 12.3. The Bertz CT molecular complexity index is 942. The van der Waals surface area contributed by atoms with Gasteiger partial charge in [-0.3, -0.25) is 14.7 Å². The first-order chi connectivity index (χ1) is 13.8. The first kappa shape index (κ1) is 17.5. The molecule has 3 heterocycles. The Morgan fingerprint density at radius 3 is 2.86 bits per heavy atom. The zero-order chi connectivity index (χ0) is 18.9. The van der Waals surface area contributed by atoms with Gasteiger partial charge in [0.1, 0.15) is 5.75 Å². The lowest BCUT2D eigenvalue weighted by molar-refractivity contribution is 0.278. The van der Waals surface area contributed by atoms with E-state index in [1.54, 1.807) is 7.11 Å². The molecule has 6 heteroatoms. The highest BCUT2D eigenvalue weighted by atomic mass is 16.5. The fourth-order valence-electron chi connectivity index (χ4n) is 4.29. The molecule has 1 aliphatic carbocycles. The van der Waals surface area contributed by atoms with Crippen LogP contribution in [0.1, 0.15) is 46.8 Å². The van der Waals surface area contributed by atoms with Gasteiger partial charge in [-0.25, -0.2) is 0 Å². The number of rotatable bonds is 6. The van der Waals surface area contributed by atoms with Crippen molar-refractivity contribution in [3.05, 3.63) is 64.7 Å². The summed E-state index contributed by atoms with van der Waals surface area (Å²) in [6, 6.07) is 8.49. The van der Waals surface area contributed by atoms with Gasteiger partial charge in [0.25, 0.3) is 0 Å². The van der Waals surface area contributed by atoms with E-state index in [1.165, 1.54) is 40.9 Å². The number of nitrogens with zero attached hydrogens (tertiary/aromatic N) is 4. The van der Waals surface area contributed by atoms with Crippen LogP contribution in [0.2, 0.25) is 0 Å². The molecule has 3 aromatic rings. The molecule has 146 valence electrons. The van der Waals surface area contributed by atoms with Gasteiger partial charge in [-0.1, -0.05) is 6.07 Å². The molecule has 1 N–H and O–H groups in total. The van der Waals surface area contributed by atoms with Gasteiger partial charge in [0, 0.05) is 55.6 Å². The van der Waals surface area contributed by atoms with E-state index in [4.69, 9.17) is 4.74 Å². The van der Waals surface area contributed by atoms with Crippen LogP contribution in [0.3, 0.4) is 0 Å². The molecule has 0 atom stereocenters. The van der Waals surface area contributed by atoms with Crippen molar-refractivity contribution in [1.82, 2.24) is 24.9 Å². The molecule has 0 spiro atoms. The molecule has 0 unspecified atom stereocenters. The van der Waals surface area contributed by atoms with Crippen LogP contribution in [-0.4, -0.2) is 45.1 Å². The molecule has 1 aliphatic heterocycles. The summed E-state index contributed by atoms with van der Waals surface area (Å²) in [7, 11) is 1.73. The molecule has 0 bridgehead atoms. The van der Waals surface area contributed by atoms with Gasteiger partial charge in [-0.15, -0.1) is 0 Å². The van der Waals surface area contributed by atoms with Crippen LogP contribution in [-0.2, 0) is 25.9 Å². The van der Waals surface area contributed by atoms with Gasteiger partial charge in [0.05, 0.1) is 19.3 Å². The van der Waals surface area contributed by atoms with Gasteiger partial charge in [-0.2, -0.15) is 10.2 Å². The monoisotopic (exact) mass is 377 g/mol. The number of fused-ring (bicyclic) bond motifs is 1. The van der Waals surface area contributed by atoms with Crippen LogP contribution in [0.25, 0.3) is 0 Å². The van der Waals surface area contributed by atoms with Crippen molar-refractivity contribution in [1.29, 1.82) is 0 Å². The molecule has 28 heavy (non-hydrogen) atoms. The van der Waals surface area contributed by atoms with Gasteiger partial charge in [-0.05, 0) is 48.6 Å². The summed E-state index contributed by atoms with van der Waals surface area (Å²) in [4.78, 5) is 2.56. The van der Waals surface area contributed by atoms with Crippen molar-refractivity contribution in [2.45, 2.75) is 44.7 Å². The average Bonchev–Trinajstić information content (AvgIpc) is 3.34. The minimum atomic E-state index is 0.720. The van der Waals surface area contributed by atoms with Crippen molar-refractivity contribution < 1.29 is 4.74 Å². The molecule has 2 aromatic heterocycles. The molecule has 6 nitrogen and oxygen atoms in total. The number of aromatic nitrogens is 4. The van der Waals surface area contributed by atoms with E-state index in [0.717, 1.165) is 50.7 Å². The van der Waals surface area contributed by atoms with Crippen LogP contribution in [0.15, 0.2) is 36.7 Å². The Hall–Kier alpha value is -2.60. The summed E-state index contributed by atoms with van der Waals surface area (Å²) < 4.78 is 7.50. The van der Waals surface area contributed by atoms with Crippen LogP contribution < -0.4 is 4.74 Å². The molecular weight excluding hydrogens is 350 g/mol. The van der Waals surface area contributed by atoms with Crippen LogP contribution in [0.4, 0.5) is 0 Å². The van der Waals surface area contributed by atoms with Crippen LogP contribution >= 0.6 is 0 Å². The summed E-state index contributed by atoms with van der Waals surface area (Å²) >= 11 is 0. The number of hydrogen-bond donors (Lipinski definition) is 1. The Morgan fingerprint density at radius 1 is 1.18 bits per heavy atom. The standard InChI is InChI=1S/C22H27N5O/c1-28-21-6-3-16(13-18(21)15-27-10-2-9-23-27)14-26-11-7-19-20(8-12-26)24-25-22(19)17-4-5-17/h2-3,6,9-10,13,17H,4-5,7-8,11-12,14-15H2,1H3,(H,24,25). The van der Waals surface area contributed by atoms with Crippen molar-refractivity contribution in [3.63, 3.8) is 0 Å². The van der Waals surface area contributed by atoms with Crippen molar-refractivity contribution in [2.24, 2.45) is 0 Å². The molecule has 0 amide bonds. The second kappa shape index (κ2) is 7.43. The quantitative estimate of drug-likeness (QED) is 0.717.